The average molecular weight is 244 g/mol. The number of para-hydroxylation sites is 1. The molecule has 1 aromatic heterocycles. The maximum atomic E-state index is 12.1. The molecule has 5 nitrogen and oxygen atoms in total. The number of hydrogen-bond donors (Lipinski definition) is 3. The van der Waals surface area contributed by atoms with Crippen LogP contribution in [0.2, 0.25) is 0 Å². The van der Waals surface area contributed by atoms with Crippen LogP contribution in [0.1, 0.15) is 28.9 Å². The van der Waals surface area contributed by atoms with E-state index in [-0.39, 0.29) is 11.9 Å². The van der Waals surface area contributed by atoms with Crippen molar-refractivity contribution in [2.75, 3.05) is 12.4 Å². The van der Waals surface area contributed by atoms with Crippen LogP contribution in [0.5, 0.6) is 0 Å². The highest BCUT2D eigenvalue weighted by Crippen LogP contribution is 2.16. The summed E-state index contributed by atoms with van der Waals surface area (Å²) in [6, 6.07) is 7.32. The molecule has 0 spiro atoms. The van der Waals surface area contributed by atoms with Gasteiger partial charge in [-0.2, -0.15) is 5.10 Å². The molecule has 0 saturated heterocycles. The van der Waals surface area contributed by atoms with E-state index in [1.165, 1.54) is 0 Å². The van der Waals surface area contributed by atoms with Crippen molar-refractivity contribution in [1.82, 2.24) is 15.5 Å². The summed E-state index contributed by atoms with van der Waals surface area (Å²) in [6.45, 7) is 1.92. The van der Waals surface area contributed by atoms with Gasteiger partial charge in [-0.15, -0.1) is 0 Å². The Morgan fingerprint density at radius 2 is 2.17 bits per heavy atom. The molecule has 2 rings (SSSR count). The van der Waals surface area contributed by atoms with Crippen LogP contribution >= 0.6 is 0 Å². The first kappa shape index (κ1) is 12.2. The van der Waals surface area contributed by atoms with Gasteiger partial charge in [0.15, 0.2) is 0 Å². The molecule has 5 heteroatoms. The molecule has 1 aromatic carbocycles. The first-order valence-electron chi connectivity index (χ1n) is 5.78. The quantitative estimate of drug-likeness (QED) is 0.769. The number of carbonyl (C=O) groups is 1. The van der Waals surface area contributed by atoms with E-state index in [1.54, 1.807) is 25.5 Å². The maximum absolute atomic E-state index is 12.1. The van der Waals surface area contributed by atoms with Crippen LogP contribution in [0.15, 0.2) is 36.7 Å². The van der Waals surface area contributed by atoms with E-state index in [4.69, 9.17) is 0 Å². The van der Waals surface area contributed by atoms with Gasteiger partial charge >= 0.3 is 0 Å². The number of amides is 1. The largest absolute Gasteiger partial charge is 0.387 e. The molecule has 94 valence electrons. The Morgan fingerprint density at radius 1 is 1.39 bits per heavy atom. The summed E-state index contributed by atoms with van der Waals surface area (Å²) in [5.41, 5.74) is 2.40. The number of benzene rings is 1. The van der Waals surface area contributed by atoms with Crippen molar-refractivity contribution in [2.45, 2.75) is 13.0 Å². The highest BCUT2D eigenvalue weighted by Gasteiger charge is 2.14. The number of carbonyl (C=O) groups excluding carboxylic acids is 1. The molecule has 0 radical (unpaired) electrons. The molecule has 1 heterocycles. The number of nitrogens with zero attached hydrogens (tertiary/aromatic N) is 1. The van der Waals surface area contributed by atoms with Crippen LogP contribution in [0, 0.1) is 0 Å². The van der Waals surface area contributed by atoms with Crippen molar-refractivity contribution >= 4 is 11.6 Å². The third-order valence-electron chi connectivity index (χ3n) is 2.81. The third kappa shape index (κ3) is 2.51. The van der Waals surface area contributed by atoms with Crippen LogP contribution in [-0.4, -0.2) is 23.2 Å². The molecule has 0 fully saturated rings. The van der Waals surface area contributed by atoms with Crippen molar-refractivity contribution in [1.29, 1.82) is 0 Å². The summed E-state index contributed by atoms with van der Waals surface area (Å²) in [5.74, 6) is -0.103. The lowest BCUT2D eigenvalue weighted by Crippen LogP contribution is -2.27. The minimum atomic E-state index is -0.103. The van der Waals surface area contributed by atoms with Gasteiger partial charge in [-0.3, -0.25) is 9.89 Å². The molecule has 0 aliphatic heterocycles. The molecular formula is C13H16N4O. The van der Waals surface area contributed by atoms with Gasteiger partial charge in [-0.05, 0) is 19.1 Å². The zero-order valence-corrected chi connectivity index (χ0v) is 10.4. The highest BCUT2D eigenvalue weighted by molar-refractivity contribution is 5.99. The molecule has 2 aromatic rings. The number of aromatic amines is 1. The normalized spacial score (nSPS) is 11.9. The van der Waals surface area contributed by atoms with E-state index in [1.807, 2.05) is 25.1 Å². The number of anilines is 1. The Hall–Kier alpha value is -2.30. The number of aromatic nitrogens is 2. The van der Waals surface area contributed by atoms with Gasteiger partial charge in [-0.25, -0.2) is 0 Å². The standard InChI is InChI=1S/C13H16N4O/c1-9(10-7-15-16-8-10)17-13(18)11-5-3-4-6-12(11)14-2/h3-9,14H,1-2H3,(H,15,16)(H,17,18). The minimum Gasteiger partial charge on any atom is -0.387 e. The first-order chi connectivity index (χ1) is 8.72. The smallest absolute Gasteiger partial charge is 0.253 e. The summed E-state index contributed by atoms with van der Waals surface area (Å²) in [6.07, 6.45) is 3.48. The SMILES string of the molecule is CNc1ccccc1C(=O)NC(C)c1cn[nH]c1. The van der Waals surface area contributed by atoms with E-state index < -0.39 is 0 Å². The Bertz CT molecular complexity index is 522. The fourth-order valence-electron chi connectivity index (χ4n) is 1.75. The zero-order chi connectivity index (χ0) is 13.0. The van der Waals surface area contributed by atoms with Crippen LogP contribution < -0.4 is 10.6 Å². The van der Waals surface area contributed by atoms with Gasteiger partial charge < -0.3 is 10.6 Å². The molecule has 0 aliphatic rings. The Labute approximate surface area is 106 Å². The predicted octanol–water partition coefficient (Wildman–Crippen LogP) is 1.94. The van der Waals surface area contributed by atoms with Crippen molar-refractivity contribution in [3.05, 3.63) is 47.8 Å². The van der Waals surface area contributed by atoms with Crippen molar-refractivity contribution < 1.29 is 4.79 Å². The molecule has 1 unspecified atom stereocenters. The van der Waals surface area contributed by atoms with Gasteiger partial charge in [0.2, 0.25) is 0 Å². The highest BCUT2D eigenvalue weighted by atomic mass is 16.1. The maximum Gasteiger partial charge on any atom is 0.253 e. The van der Waals surface area contributed by atoms with Crippen molar-refractivity contribution in [2.24, 2.45) is 0 Å². The topological polar surface area (TPSA) is 69.8 Å². The van der Waals surface area contributed by atoms with Crippen LogP contribution in [-0.2, 0) is 0 Å². The monoisotopic (exact) mass is 244 g/mol. The second-order valence-corrected chi connectivity index (χ2v) is 4.02. The molecule has 1 atom stereocenters. The van der Waals surface area contributed by atoms with E-state index in [0.29, 0.717) is 5.56 Å². The van der Waals surface area contributed by atoms with Gasteiger partial charge in [0.05, 0.1) is 17.8 Å². The lowest BCUT2D eigenvalue weighted by molar-refractivity contribution is 0.0940. The summed E-state index contributed by atoms with van der Waals surface area (Å²) in [4.78, 5) is 12.1. The van der Waals surface area contributed by atoms with E-state index in [2.05, 4.69) is 20.8 Å². The van der Waals surface area contributed by atoms with Gasteiger partial charge in [0, 0.05) is 24.5 Å². The fraction of sp³-hybridized carbons (Fsp3) is 0.231. The Morgan fingerprint density at radius 3 is 2.83 bits per heavy atom. The molecule has 0 aliphatic carbocycles. The summed E-state index contributed by atoms with van der Waals surface area (Å²) >= 11 is 0. The lowest BCUT2D eigenvalue weighted by atomic mass is 10.1. The zero-order valence-electron chi connectivity index (χ0n) is 10.4. The number of rotatable bonds is 4. The van der Waals surface area contributed by atoms with E-state index in [0.717, 1.165) is 11.3 Å². The van der Waals surface area contributed by atoms with E-state index >= 15 is 0 Å². The van der Waals surface area contributed by atoms with Gasteiger partial charge in [0.25, 0.3) is 5.91 Å². The van der Waals surface area contributed by atoms with Crippen molar-refractivity contribution in [3.63, 3.8) is 0 Å². The van der Waals surface area contributed by atoms with Crippen LogP contribution in [0.4, 0.5) is 5.69 Å². The Balaban J connectivity index is 2.12. The number of nitrogens with one attached hydrogen (secondary N) is 3. The average Bonchev–Trinajstić information content (AvgIpc) is 2.92. The fourth-order valence-corrected chi connectivity index (χ4v) is 1.75. The van der Waals surface area contributed by atoms with Gasteiger partial charge in [0.1, 0.15) is 0 Å². The molecule has 3 N–H and O–H groups in total. The second-order valence-electron chi connectivity index (χ2n) is 4.02. The molecule has 18 heavy (non-hydrogen) atoms. The summed E-state index contributed by atoms with van der Waals surface area (Å²) in [7, 11) is 1.80. The van der Waals surface area contributed by atoms with E-state index in [9.17, 15) is 4.79 Å². The minimum absolute atomic E-state index is 0.0823. The lowest BCUT2D eigenvalue weighted by Gasteiger charge is -2.14. The summed E-state index contributed by atoms with van der Waals surface area (Å²) < 4.78 is 0. The van der Waals surface area contributed by atoms with Crippen molar-refractivity contribution in [3.8, 4) is 0 Å². The number of H-pyrrole nitrogens is 1. The molecular weight excluding hydrogens is 228 g/mol. The van der Waals surface area contributed by atoms with Crippen LogP contribution in [0.3, 0.4) is 0 Å². The third-order valence-corrected chi connectivity index (χ3v) is 2.81. The molecule has 0 saturated carbocycles. The predicted molar refractivity (Wildman–Crippen MR) is 70.5 cm³/mol. The van der Waals surface area contributed by atoms with Gasteiger partial charge in [-0.1, -0.05) is 12.1 Å². The molecule has 0 bridgehead atoms. The number of hydrogen-bond acceptors (Lipinski definition) is 3. The first-order valence-corrected chi connectivity index (χ1v) is 5.78. The second kappa shape index (κ2) is 5.35. The van der Waals surface area contributed by atoms with Crippen LogP contribution in [0.25, 0.3) is 0 Å². The molecule has 1 amide bonds. The Kier molecular flexibility index (Phi) is 3.62. The summed E-state index contributed by atoms with van der Waals surface area (Å²) in [5, 5.41) is 12.5.